The van der Waals surface area contributed by atoms with E-state index >= 15 is 0 Å². The monoisotopic (exact) mass is 694 g/mol. The lowest BCUT2D eigenvalue weighted by Gasteiger charge is -2.36. The highest BCUT2D eigenvalue weighted by Gasteiger charge is 2.44. The number of rotatable bonds is 8. The Labute approximate surface area is 320 Å². The lowest BCUT2D eigenvalue weighted by molar-refractivity contribution is 0.337. The molecule has 1 aliphatic carbocycles. The molecule has 1 aliphatic rings. The van der Waals surface area contributed by atoms with Crippen LogP contribution in [0.15, 0.2) is 133 Å². The Bertz CT molecular complexity index is 2030. The van der Waals surface area contributed by atoms with E-state index < -0.39 is 0 Å². The molecular formula is C53H58. The fourth-order valence-corrected chi connectivity index (χ4v) is 8.81. The van der Waals surface area contributed by atoms with E-state index in [2.05, 4.69) is 203 Å². The minimum Gasteiger partial charge on any atom is -0.0627 e. The molecule has 0 heteroatoms. The van der Waals surface area contributed by atoms with Crippen molar-refractivity contribution in [2.24, 2.45) is 11.8 Å². The predicted octanol–water partition coefficient (Wildman–Crippen LogP) is 15.3. The largest absolute Gasteiger partial charge is 0.0627 e. The van der Waals surface area contributed by atoms with Crippen LogP contribution in [-0.4, -0.2) is 0 Å². The summed E-state index contributed by atoms with van der Waals surface area (Å²) in [5.74, 6) is 1.13. The first-order valence-corrected chi connectivity index (χ1v) is 19.8. The third kappa shape index (κ3) is 7.31. The Kier molecular flexibility index (Phi) is 9.65. The minimum atomic E-state index is -0.0392. The van der Waals surface area contributed by atoms with Gasteiger partial charge in [-0.3, -0.25) is 0 Å². The molecule has 0 saturated carbocycles. The highest BCUT2D eigenvalue weighted by molar-refractivity contribution is 5.86. The molecule has 7 rings (SSSR count). The van der Waals surface area contributed by atoms with Crippen LogP contribution in [0.5, 0.6) is 0 Å². The van der Waals surface area contributed by atoms with Crippen molar-refractivity contribution < 1.29 is 0 Å². The van der Waals surface area contributed by atoms with Crippen LogP contribution < -0.4 is 0 Å². The molecule has 0 N–H and O–H groups in total. The zero-order chi connectivity index (χ0) is 37.7. The number of fused-ring (bicyclic) bond motifs is 3. The van der Waals surface area contributed by atoms with E-state index in [1.165, 1.54) is 77.9 Å². The third-order valence-corrected chi connectivity index (χ3v) is 11.5. The lowest BCUT2D eigenvalue weighted by Crippen LogP contribution is -2.29. The van der Waals surface area contributed by atoms with E-state index in [1.807, 2.05) is 0 Å². The fourth-order valence-electron chi connectivity index (χ4n) is 8.81. The maximum atomic E-state index is 2.53. The van der Waals surface area contributed by atoms with E-state index in [0.717, 1.165) is 12.8 Å². The Morgan fingerprint density at radius 1 is 0.358 bits per heavy atom. The van der Waals surface area contributed by atoms with E-state index in [0.29, 0.717) is 11.8 Å². The topological polar surface area (TPSA) is 0 Å². The fraction of sp³-hybridized carbons (Fsp3) is 0.321. The van der Waals surface area contributed by atoms with Gasteiger partial charge in [-0.15, -0.1) is 0 Å². The predicted molar refractivity (Wildman–Crippen MR) is 231 cm³/mol. The second kappa shape index (κ2) is 13.9. The summed E-state index contributed by atoms with van der Waals surface area (Å²) in [6.45, 7) is 23.2. The quantitative estimate of drug-likeness (QED) is 0.149. The number of hydrogen-bond donors (Lipinski definition) is 0. The van der Waals surface area contributed by atoms with Gasteiger partial charge in [-0.25, -0.2) is 0 Å². The van der Waals surface area contributed by atoms with Crippen molar-refractivity contribution in [2.75, 3.05) is 0 Å². The first-order valence-electron chi connectivity index (χ1n) is 19.8. The molecule has 0 spiro atoms. The summed E-state index contributed by atoms with van der Waals surface area (Å²) in [6.07, 6.45) is 2.26. The van der Waals surface area contributed by atoms with Crippen LogP contribution in [0.4, 0.5) is 0 Å². The van der Waals surface area contributed by atoms with Gasteiger partial charge in [0.25, 0.3) is 0 Å². The molecule has 0 saturated heterocycles. The van der Waals surface area contributed by atoms with Crippen molar-refractivity contribution in [1.29, 1.82) is 0 Å². The average Bonchev–Trinajstić information content (AvgIpc) is 3.38. The summed E-state index contributed by atoms with van der Waals surface area (Å²) in [5.41, 5.74) is 19.0. The number of benzene rings is 6. The molecule has 6 aromatic rings. The molecule has 0 fully saturated rings. The second-order valence-corrected chi connectivity index (χ2v) is 18.6. The van der Waals surface area contributed by atoms with E-state index in [1.54, 1.807) is 0 Å². The van der Waals surface area contributed by atoms with Gasteiger partial charge in [-0.2, -0.15) is 0 Å². The molecule has 0 radical (unpaired) electrons. The van der Waals surface area contributed by atoms with E-state index in [-0.39, 0.29) is 16.2 Å². The Balaban J connectivity index is 1.24. The summed E-state index contributed by atoms with van der Waals surface area (Å²) in [6, 6.07) is 51.1. The molecule has 0 heterocycles. The first-order chi connectivity index (χ1) is 25.1. The molecule has 53 heavy (non-hydrogen) atoms. The zero-order valence-electron chi connectivity index (χ0n) is 33.8. The summed E-state index contributed by atoms with van der Waals surface area (Å²) >= 11 is 0. The smallest absolute Gasteiger partial charge is 0.0220 e. The molecule has 0 amide bonds. The summed E-state index contributed by atoms with van der Waals surface area (Å²) in [5, 5.41) is 0. The van der Waals surface area contributed by atoms with Crippen LogP contribution in [0.25, 0.3) is 55.6 Å². The molecule has 270 valence electrons. The molecule has 0 bridgehead atoms. The van der Waals surface area contributed by atoms with Crippen LogP contribution in [0.2, 0.25) is 0 Å². The molecule has 0 nitrogen and oxygen atoms in total. The van der Waals surface area contributed by atoms with Gasteiger partial charge in [0, 0.05) is 5.41 Å². The van der Waals surface area contributed by atoms with Crippen molar-refractivity contribution in [3.8, 4) is 55.6 Å². The van der Waals surface area contributed by atoms with Gasteiger partial charge in [0.2, 0.25) is 0 Å². The van der Waals surface area contributed by atoms with E-state index in [4.69, 9.17) is 0 Å². The molecule has 0 aromatic heterocycles. The van der Waals surface area contributed by atoms with Crippen LogP contribution in [0.3, 0.4) is 0 Å². The molecule has 0 unspecified atom stereocenters. The van der Waals surface area contributed by atoms with Crippen molar-refractivity contribution >= 4 is 0 Å². The average molecular weight is 695 g/mol. The maximum absolute atomic E-state index is 2.53. The van der Waals surface area contributed by atoms with Crippen molar-refractivity contribution in [3.05, 3.63) is 156 Å². The van der Waals surface area contributed by atoms with Gasteiger partial charge < -0.3 is 0 Å². The summed E-state index contributed by atoms with van der Waals surface area (Å²) in [7, 11) is 0. The van der Waals surface area contributed by atoms with Gasteiger partial charge in [-0.05, 0) is 126 Å². The van der Waals surface area contributed by atoms with Crippen molar-refractivity contribution in [2.45, 2.75) is 98.3 Å². The lowest BCUT2D eigenvalue weighted by atomic mass is 9.67. The van der Waals surface area contributed by atoms with Crippen LogP contribution >= 0.6 is 0 Å². The third-order valence-electron chi connectivity index (χ3n) is 11.5. The van der Waals surface area contributed by atoms with Gasteiger partial charge >= 0.3 is 0 Å². The Morgan fingerprint density at radius 2 is 0.604 bits per heavy atom. The van der Waals surface area contributed by atoms with Gasteiger partial charge in [0.05, 0.1) is 0 Å². The first kappa shape index (κ1) is 36.7. The molecular weight excluding hydrogens is 637 g/mol. The molecule has 6 aromatic carbocycles. The maximum Gasteiger partial charge on any atom is 0.0220 e. The van der Waals surface area contributed by atoms with Gasteiger partial charge in [0.1, 0.15) is 0 Å². The van der Waals surface area contributed by atoms with Crippen molar-refractivity contribution in [1.82, 2.24) is 0 Å². The SMILES string of the molecule is CC(C)CC1(CC(C)C)c2cc(-c3ccc(-c4ccc(C(C)(C)C)cc4)cc3)ccc2-c2ccc(-c3ccc(-c4ccc(C(C)(C)C)cc4)cc3)cc21. The standard InChI is InChI=1S/C53H58/c1-35(2)33-53(34-36(3)4)49-31-43(41-15-11-37(12-16-41)39-19-25-45(26-20-39)51(5,6)7)23-29-47(49)48-30-24-44(32-50(48)53)42-17-13-38(14-18-42)40-21-27-46(28-22-40)52(8,9)10/h11-32,35-36H,33-34H2,1-10H3. The molecule has 0 aliphatic heterocycles. The Hall–Kier alpha value is -4.68. The highest BCUT2D eigenvalue weighted by Crippen LogP contribution is 2.56. The normalized spacial score (nSPS) is 13.7. The zero-order valence-corrected chi connectivity index (χ0v) is 33.8. The van der Waals surface area contributed by atoms with Gasteiger partial charge in [0.15, 0.2) is 0 Å². The minimum absolute atomic E-state index is 0.0392. The summed E-state index contributed by atoms with van der Waals surface area (Å²) in [4.78, 5) is 0. The van der Waals surface area contributed by atoms with Crippen molar-refractivity contribution in [3.63, 3.8) is 0 Å². The second-order valence-electron chi connectivity index (χ2n) is 18.6. The van der Waals surface area contributed by atoms with Crippen LogP contribution in [-0.2, 0) is 16.2 Å². The van der Waals surface area contributed by atoms with Crippen LogP contribution in [0.1, 0.15) is 104 Å². The highest BCUT2D eigenvalue weighted by atomic mass is 14.5. The summed E-state index contributed by atoms with van der Waals surface area (Å²) < 4.78 is 0. The number of hydrogen-bond acceptors (Lipinski definition) is 0. The van der Waals surface area contributed by atoms with Crippen LogP contribution in [0, 0.1) is 11.8 Å². The Morgan fingerprint density at radius 3 is 0.868 bits per heavy atom. The van der Waals surface area contributed by atoms with Gasteiger partial charge in [-0.1, -0.05) is 191 Å². The van der Waals surface area contributed by atoms with E-state index in [9.17, 15) is 0 Å². The molecule has 0 atom stereocenters.